The number of nitrogens with one attached hydrogen (secondary N) is 2. The fourth-order valence-electron chi connectivity index (χ4n) is 2.69. The Balaban J connectivity index is 1.76. The van der Waals surface area contributed by atoms with Gasteiger partial charge >= 0.3 is 0 Å². The van der Waals surface area contributed by atoms with E-state index in [1.54, 1.807) is 6.20 Å². The predicted molar refractivity (Wildman–Crippen MR) is 76.7 cm³/mol. The van der Waals surface area contributed by atoms with Crippen molar-refractivity contribution in [2.75, 3.05) is 20.1 Å². The summed E-state index contributed by atoms with van der Waals surface area (Å²) in [6.07, 6.45) is 2.50. The number of carbonyl (C=O) groups is 2. The second-order valence-electron chi connectivity index (χ2n) is 5.30. The Hall–Kier alpha value is -2.14. The summed E-state index contributed by atoms with van der Waals surface area (Å²) in [5, 5.41) is 3.61. The zero-order valence-corrected chi connectivity index (χ0v) is 11.3. The van der Waals surface area contributed by atoms with Gasteiger partial charge in [-0.05, 0) is 26.1 Å². The maximum atomic E-state index is 12.2. The third-order valence-corrected chi connectivity index (χ3v) is 3.77. The largest absolute Gasteiger partial charge is 0.360 e. The van der Waals surface area contributed by atoms with Gasteiger partial charge in [-0.3, -0.25) is 9.59 Å². The Bertz CT molecular complexity index is 662. The van der Waals surface area contributed by atoms with E-state index in [-0.39, 0.29) is 6.04 Å². The van der Waals surface area contributed by atoms with Gasteiger partial charge in [0.1, 0.15) is 0 Å². The lowest BCUT2D eigenvalue weighted by Gasteiger charge is -2.11. The van der Waals surface area contributed by atoms with Gasteiger partial charge in [0.2, 0.25) is 0 Å². The highest BCUT2D eigenvalue weighted by Gasteiger charge is 2.25. The van der Waals surface area contributed by atoms with E-state index in [0.29, 0.717) is 5.56 Å². The van der Waals surface area contributed by atoms with Crippen molar-refractivity contribution >= 4 is 22.6 Å². The van der Waals surface area contributed by atoms with Crippen LogP contribution in [-0.4, -0.2) is 47.8 Å². The molecule has 2 aromatic rings. The summed E-state index contributed by atoms with van der Waals surface area (Å²) in [6, 6.07) is 7.55. The van der Waals surface area contributed by atoms with Crippen molar-refractivity contribution in [3.63, 3.8) is 0 Å². The smallest absolute Gasteiger partial charge is 0.292 e. The molecule has 2 N–H and O–H groups in total. The van der Waals surface area contributed by atoms with Crippen molar-refractivity contribution in [3.8, 4) is 0 Å². The van der Waals surface area contributed by atoms with Crippen LogP contribution in [0.15, 0.2) is 30.5 Å². The molecular weight excluding hydrogens is 254 g/mol. The topological polar surface area (TPSA) is 65.2 Å². The van der Waals surface area contributed by atoms with Crippen LogP contribution in [0.5, 0.6) is 0 Å². The SMILES string of the molecule is CN1CC[C@@H](NC(=O)C(=O)c2c[nH]c3ccccc23)C1. The van der Waals surface area contributed by atoms with E-state index in [2.05, 4.69) is 15.2 Å². The number of hydrogen-bond donors (Lipinski definition) is 2. The second-order valence-corrected chi connectivity index (χ2v) is 5.30. The van der Waals surface area contributed by atoms with Crippen molar-refractivity contribution in [2.24, 2.45) is 0 Å². The number of likely N-dealkylation sites (N-methyl/N-ethyl adjacent to an activating group) is 1. The van der Waals surface area contributed by atoms with Crippen LogP contribution >= 0.6 is 0 Å². The number of amides is 1. The average molecular weight is 271 g/mol. The summed E-state index contributed by atoms with van der Waals surface area (Å²) >= 11 is 0. The third-order valence-electron chi connectivity index (χ3n) is 3.77. The molecule has 0 bridgehead atoms. The van der Waals surface area contributed by atoms with E-state index in [1.165, 1.54) is 0 Å². The van der Waals surface area contributed by atoms with Gasteiger partial charge in [0.05, 0.1) is 5.56 Å². The van der Waals surface area contributed by atoms with Gasteiger partial charge in [0.25, 0.3) is 11.7 Å². The quantitative estimate of drug-likeness (QED) is 0.650. The molecule has 104 valence electrons. The summed E-state index contributed by atoms with van der Waals surface area (Å²) < 4.78 is 0. The number of ketones is 1. The molecular formula is C15H17N3O2. The van der Waals surface area contributed by atoms with Gasteiger partial charge in [-0.15, -0.1) is 0 Å². The number of aromatic amines is 1. The Morgan fingerprint density at radius 1 is 1.35 bits per heavy atom. The van der Waals surface area contributed by atoms with Gasteiger partial charge in [-0.1, -0.05) is 18.2 Å². The van der Waals surface area contributed by atoms with Crippen molar-refractivity contribution in [1.29, 1.82) is 0 Å². The summed E-state index contributed by atoms with van der Waals surface area (Å²) in [6.45, 7) is 1.75. The normalized spacial score (nSPS) is 19.4. The molecule has 0 saturated carbocycles. The lowest BCUT2D eigenvalue weighted by atomic mass is 10.1. The first-order valence-corrected chi connectivity index (χ1v) is 6.75. The Morgan fingerprint density at radius 3 is 2.90 bits per heavy atom. The van der Waals surface area contributed by atoms with Crippen molar-refractivity contribution in [1.82, 2.24) is 15.2 Å². The molecule has 1 atom stereocenters. The van der Waals surface area contributed by atoms with Crippen LogP contribution in [0.4, 0.5) is 0 Å². The Kier molecular flexibility index (Phi) is 3.28. The number of benzene rings is 1. The van der Waals surface area contributed by atoms with Crippen molar-refractivity contribution in [3.05, 3.63) is 36.0 Å². The van der Waals surface area contributed by atoms with E-state index in [0.717, 1.165) is 30.4 Å². The zero-order chi connectivity index (χ0) is 14.1. The zero-order valence-electron chi connectivity index (χ0n) is 11.3. The van der Waals surface area contributed by atoms with Crippen LogP contribution in [0, 0.1) is 0 Å². The van der Waals surface area contributed by atoms with Crippen LogP contribution in [-0.2, 0) is 4.79 Å². The molecule has 1 saturated heterocycles. The van der Waals surface area contributed by atoms with Gasteiger partial charge in [-0.25, -0.2) is 0 Å². The van der Waals surface area contributed by atoms with Gasteiger partial charge in [0, 0.05) is 29.7 Å². The van der Waals surface area contributed by atoms with Gasteiger partial charge in [0.15, 0.2) is 0 Å². The van der Waals surface area contributed by atoms with Crippen molar-refractivity contribution < 1.29 is 9.59 Å². The highest BCUT2D eigenvalue weighted by molar-refractivity contribution is 6.45. The molecule has 1 aliphatic rings. The van der Waals surface area contributed by atoms with Crippen LogP contribution in [0.1, 0.15) is 16.8 Å². The molecule has 1 fully saturated rings. The minimum atomic E-state index is -0.518. The number of rotatable bonds is 3. The number of nitrogens with zero attached hydrogens (tertiary/aromatic N) is 1. The number of para-hydroxylation sites is 1. The molecule has 2 heterocycles. The van der Waals surface area contributed by atoms with E-state index in [4.69, 9.17) is 0 Å². The standard InChI is InChI=1S/C15H17N3O2/c1-18-7-6-10(9-18)17-15(20)14(19)12-8-16-13-5-3-2-4-11(12)13/h2-5,8,10,16H,6-7,9H2,1H3,(H,17,20)/t10-/m1/s1. The molecule has 1 aromatic carbocycles. The van der Waals surface area contributed by atoms with Crippen molar-refractivity contribution in [2.45, 2.75) is 12.5 Å². The maximum absolute atomic E-state index is 12.2. The predicted octanol–water partition coefficient (Wildman–Crippen LogP) is 1.17. The molecule has 0 spiro atoms. The number of likely N-dealkylation sites (tertiary alicyclic amines) is 1. The van der Waals surface area contributed by atoms with E-state index in [1.807, 2.05) is 31.3 Å². The van der Waals surface area contributed by atoms with Crippen LogP contribution in [0.3, 0.4) is 0 Å². The lowest BCUT2D eigenvalue weighted by molar-refractivity contribution is -0.117. The number of H-pyrrole nitrogens is 1. The summed E-state index contributed by atoms with van der Waals surface area (Å²) in [5.41, 5.74) is 1.30. The Morgan fingerprint density at radius 2 is 2.15 bits per heavy atom. The van der Waals surface area contributed by atoms with Gasteiger partial charge < -0.3 is 15.2 Å². The number of fused-ring (bicyclic) bond motifs is 1. The average Bonchev–Trinajstić information content (AvgIpc) is 3.04. The number of aromatic nitrogens is 1. The summed E-state index contributed by atoms with van der Waals surface area (Å²) in [5.74, 6) is -0.993. The minimum Gasteiger partial charge on any atom is -0.360 e. The molecule has 3 rings (SSSR count). The van der Waals surface area contributed by atoms with Crippen LogP contribution in [0.25, 0.3) is 10.9 Å². The first-order valence-electron chi connectivity index (χ1n) is 6.75. The number of carbonyl (C=O) groups excluding carboxylic acids is 2. The monoisotopic (exact) mass is 271 g/mol. The number of Topliss-reactive ketones (excluding diaryl/α,β-unsaturated/α-hetero) is 1. The molecule has 0 aliphatic carbocycles. The first kappa shape index (κ1) is 12.9. The van der Waals surface area contributed by atoms with E-state index >= 15 is 0 Å². The van der Waals surface area contributed by atoms with Gasteiger partial charge in [-0.2, -0.15) is 0 Å². The molecule has 0 radical (unpaired) electrons. The Labute approximate surface area is 117 Å². The highest BCUT2D eigenvalue weighted by atomic mass is 16.2. The minimum absolute atomic E-state index is 0.0710. The molecule has 20 heavy (non-hydrogen) atoms. The fourth-order valence-corrected chi connectivity index (χ4v) is 2.69. The first-order chi connectivity index (χ1) is 9.65. The molecule has 5 nitrogen and oxygen atoms in total. The molecule has 1 aliphatic heterocycles. The third kappa shape index (κ3) is 2.32. The lowest BCUT2D eigenvalue weighted by Crippen LogP contribution is -2.40. The highest BCUT2D eigenvalue weighted by Crippen LogP contribution is 2.18. The van der Waals surface area contributed by atoms with Crippen LogP contribution in [0.2, 0.25) is 0 Å². The molecule has 5 heteroatoms. The maximum Gasteiger partial charge on any atom is 0.292 e. The molecule has 1 amide bonds. The fraction of sp³-hybridized carbons (Fsp3) is 0.333. The van der Waals surface area contributed by atoms with E-state index < -0.39 is 11.7 Å². The second kappa shape index (κ2) is 5.09. The molecule has 1 aromatic heterocycles. The summed E-state index contributed by atoms with van der Waals surface area (Å²) in [7, 11) is 2.01. The van der Waals surface area contributed by atoms with E-state index in [9.17, 15) is 9.59 Å². The van der Waals surface area contributed by atoms with Crippen LogP contribution < -0.4 is 5.32 Å². The number of hydrogen-bond acceptors (Lipinski definition) is 3. The molecule has 0 unspecified atom stereocenters. The summed E-state index contributed by atoms with van der Waals surface area (Å²) in [4.78, 5) is 29.5.